The molecule has 138 valence electrons. The number of amides is 1. The number of nitrogens with zero attached hydrogens (tertiary/aromatic N) is 4. The van der Waals surface area contributed by atoms with Gasteiger partial charge in [0.2, 0.25) is 5.91 Å². The Balaban J connectivity index is 1.63. The molecule has 3 heterocycles. The number of hydrogen-bond acceptors (Lipinski definition) is 7. The SMILES string of the molecule is COc1ccc2c(C)cc3nnc(SCC(=O)Nc4cc(C)on4)n3c2c1. The smallest absolute Gasteiger partial charge is 0.236 e. The zero-order valence-corrected chi connectivity index (χ0v) is 15.8. The molecule has 0 saturated heterocycles. The average Bonchev–Trinajstić information content (AvgIpc) is 3.25. The van der Waals surface area contributed by atoms with E-state index in [2.05, 4.69) is 20.7 Å². The molecule has 27 heavy (non-hydrogen) atoms. The van der Waals surface area contributed by atoms with E-state index in [1.54, 1.807) is 20.1 Å². The van der Waals surface area contributed by atoms with Crippen molar-refractivity contribution in [3.8, 4) is 5.75 Å². The molecule has 9 heteroatoms. The lowest BCUT2D eigenvalue weighted by atomic mass is 10.1. The maximum absolute atomic E-state index is 12.2. The molecule has 0 unspecified atom stereocenters. The summed E-state index contributed by atoms with van der Waals surface area (Å²) >= 11 is 1.30. The molecule has 0 bridgehead atoms. The number of pyridine rings is 1. The highest BCUT2D eigenvalue weighted by Crippen LogP contribution is 2.28. The molecular formula is C18H17N5O3S. The maximum Gasteiger partial charge on any atom is 0.236 e. The van der Waals surface area contributed by atoms with E-state index in [0.717, 1.165) is 27.9 Å². The van der Waals surface area contributed by atoms with Crippen LogP contribution in [0.1, 0.15) is 11.3 Å². The van der Waals surface area contributed by atoms with E-state index >= 15 is 0 Å². The van der Waals surface area contributed by atoms with Crippen LogP contribution in [0.2, 0.25) is 0 Å². The number of carbonyl (C=O) groups excluding carboxylic acids is 1. The zero-order valence-electron chi connectivity index (χ0n) is 15.0. The van der Waals surface area contributed by atoms with E-state index in [0.29, 0.717) is 16.7 Å². The van der Waals surface area contributed by atoms with Crippen LogP contribution in [0.15, 0.2) is 40.0 Å². The van der Waals surface area contributed by atoms with Gasteiger partial charge in [-0.15, -0.1) is 10.2 Å². The molecule has 1 amide bonds. The van der Waals surface area contributed by atoms with Crippen molar-refractivity contribution >= 4 is 40.0 Å². The van der Waals surface area contributed by atoms with Gasteiger partial charge < -0.3 is 14.6 Å². The lowest BCUT2D eigenvalue weighted by molar-refractivity contribution is -0.113. The number of anilines is 1. The molecule has 0 saturated carbocycles. The van der Waals surface area contributed by atoms with Crippen LogP contribution in [-0.2, 0) is 4.79 Å². The van der Waals surface area contributed by atoms with Gasteiger partial charge in [-0.3, -0.25) is 9.20 Å². The summed E-state index contributed by atoms with van der Waals surface area (Å²) in [5, 5.41) is 16.7. The summed E-state index contributed by atoms with van der Waals surface area (Å²) in [6, 6.07) is 9.52. The summed E-state index contributed by atoms with van der Waals surface area (Å²) in [7, 11) is 1.63. The minimum Gasteiger partial charge on any atom is -0.497 e. The molecule has 0 aliphatic carbocycles. The third-order valence-electron chi connectivity index (χ3n) is 4.10. The van der Waals surface area contributed by atoms with Crippen LogP contribution in [0.4, 0.5) is 5.82 Å². The number of fused-ring (bicyclic) bond motifs is 3. The van der Waals surface area contributed by atoms with E-state index in [9.17, 15) is 4.79 Å². The minimum absolute atomic E-state index is 0.173. The molecule has 0 aliphatic heterocycles. The first-order valence-corrected chi connectivity index (χ1v) is 9.22. The topological polar surface area (TPSA) is 94.5 Å². The van der Waals surface area contributed by atoms with Crippen molar-refractivity contribution in [2.45, 2.75) is 19.0 Å². The summed E-state index contributed by atoms with van der Waals surface area (Å²) in [4.78, 5) is 12.2. The molecule has 3 aromatic heterocycles. The maximum atomic E-state index is 12.2. The van der Waals surface area contributed by atoms with Gasteiger partial charge in [0.05, 0.1) is 18.4 Å². The van der Waals surface area contributed by atoms with E-state index < -0.39 is 0 Å². The highest BCUT2D eigenvalue weighted by molar-refractivity contribution is 7.99. The Morgan fingerprint density at radius 3 is 2.85 bits per heavy atom. The Bertz CT molecular complexity index is 1150. The number of carbonyl (C=O) groups is 1. The van der Waals surface area contributed by atoms with Gasteiger partial charge in [0.15, 0.2) is 16.6 Å². The van der Waals surface area contributed by atoms with Crippen molar-refractivity contribution in [1.29, 1.82) is 0 Å². The Labute approximate surface area is 158 Å². The number of aromatic nitrogens is 4. The first-order valence-electron chi connectivity index (χ1n) is 8.23. The number of hydrogen-bond donors (Lipinski definition) is 1. The third-order valence-corrected chi connectivity index (χ3v) is 5.03. The van der Waals surface area contributed by atoms with E-state index in [-0.39, 0.29) is 11.7 Å². The lowest BCUT2D eigenvalue weighted by Crippen LogP contribution is -2.14. The van der Waals surface area contributed by atoms with Crippen LogP contribution >= 0.6 is 11.8 Å². The number of ether oxygens (including phenoxy) is 1. The summed E-state index contributed by atoms with van der Waals surface area (Å²) in [5.41, 5.74) is 2.76. The molecular weight excluding hydrogens is 366 g/mol. The molecule has 8 nitrogen and oxygen atoms in total. The van der Waals surface area contributed by atoms with Crippen LogP contribution in [0.3, 0.4) is 0 Å². The van der Waals surface area contributed by atoms with Crippen molar-refractivity contribution in [2.24, 2.45) is 0 Å². The van der Waals surface area contributed by atoms with Crippen molar-refractivity contribution in [2.75, 3.05) is 18.2 Å². The first kappa shape index (κ1) is 17.3. The average molecular weight is 383 g/mol. The second-order valence-electron chi connectivity index (χ2n) is 6.05. The number of rotatable bonds is 5. The Kier molecular flexibility index (Phi) is 4.44. The number of thioether (sulfide) groups is 1. The Morgan fingerprint density at radius 2 is 2.11 bits per heavy atom. The van der Waals surface area contributed by atoms with Crippen LogP contribution in [0.25, 0.3) is 16.6 Å². The van der Waals surface area contributed by atoms with Crippen LogP contribution < -0.4 is 10.1 Å². The van der Waals surface area contributed by atoms with Gasteiger partial charge in [0.25, 0.3) is 0 Å². The van der Waals surface area contributed by atoms with Crippen LogP contribution in [0.5, 0.6) is 5.75 Å². The highest BCUT2D eigenvalue weighted by atomic mass is 32.2. The Morgan fingerprint density at radius 1 is 1.26 bits per heavy atom. The van der Waals surface area contributed by atoms with Gasteiger partial charge in [-0.25, -0.2) is 0 Å². The van der Waals surface area contributed by atoms with Gasteiger partial charge in [0.1, 0.15) is 11.5 Å². The van der Waals surface area contributed by atoms with E-state index in [4.69, 9.17) is 9.26 Å². The number of nitrogens with one attached hydrogen (secondary N) is 1. The van der Waals surface area contributed by atoms with Crippen molar-refractivity contribution < 1.29 is 14.1 Å². The quantitative estimate of drug-likeness (QED) is 0.529. The monoisotopic (exact) mass is 383 g/mol. The molecule has 0 spiro atoms. The van der Waals surface area contributed by atoms with Crippen molar-refractivity contribution in [3.63, 3.8) is 0 Å². The van der Waals surface area contributed by atoms with E-state index in [1.165, 1.54) is 11.8 Å². The summed E-state index contributed by atoms with van der Waals surface area (Å²) in [6.45, 7) is 3.80. The molecule has 1 N–H and O–H groups in total. The fourth-order valence-electron chi connectivity index (χ4n) is 2.86. The highest BCUT2D eigenvalue weighted by Gasteiger charge is 2.14. The number of aryl methyl sites for hydroxylation is 2. The molecule has 0 aliphatic rings. The van der Waals surface area contributed by atoms with Crippen LogP contribution in [0, 0.1) is 13.8 Å². The van der Waals surface area contributed by atoms with Gasteiger partial charge in [-0.05, 0) is 37.6 Å². The summed E-state index contributed by atoms with van der Waals surface area (Å²) < 4.78 is 12.2. The number of benzene rings is 1. The zero-order chi connectivity index (χ0) is 19.0. The molecule has 4 aromatic rings. The largest absolute Gasteiger partial charge is 0.497 e. The standard InChI is InChI=1S/C18H17N5O3S/c1-10-6-16-20-21-18(23(16)14-8-12(25-3)4-5-13(10)14)27-9-17(24)19-15-7-11(2)26-22-15/h4-8H,9H2,1-3H3,(H,19,22,24). The second-order valence-corrected chi connectivity index (χ2v) is 6.99. The van der Waals surface area contributed by atoms with Crippen molar-refractivity contribution in [3.05, 3.63) is 41.7 Å². The summed E-state index contributed by atoms with van der Waals surface area (Å²) in [6.07, 6.45) is 0. The predicted molar refractivity (Wildman–Crippen MR) is 102 cm³/mol. The second kappa shape index (κ2) is 6.92. The molecule has 0 fully saturated rings. The molecule has 0 radical (unpaired) electrons. The van der Waals surface area contributed by atoms with E-state index in [1.807, 2.05) is 35.6 Å². The van der Waals surface area contributed by atoms with Gasteiger partial charge in [0, 0.05) is 17.5 Å². The molecule has 1 aromatic carbocycles. The summed E-state index contributed by atoms with van der Waals surface area (Å²) in [5.74, 6) is 1.76. The lowest BCUT2D eigenvalue weighted by Gasteiger charge is -2.09. The fourth-order valence-corrected chi connectivity index (χ4v) is 3.61. The Hall–Kier alpha value is -3.07. The first-order chi connectivity index (χ1) is 13.0. The molecule has 4 rings (SSSR count). The van der Waals surface area contributed by atoms with Crippen molar-refractivity contribution in [1.82, 2.24) is 19.8 Å². The number of methoxy groups -OCH3 is 1. The minimum atomic E-state index is -0.195. The predicted octanol–water partition coefficient (Wildman–Crippen LogP) is 3.23. The van der Waals surface area contributed by atoms with Gasteiger partial charge >= 0.3 is 0 Å². The molecule has 0 atom stereocenters. The normalized spacial score (nSPS) is 11.2. The van der Waals surface area contributed by atoms with Crippen LogP contribution in [-0.4, -0.2) is 38.5 Å². The van der Waals surface area contributed by atoms with Gasteiger partial charge in [-0.1, -0.05) is 16.9 Å². The third kappa shape index (κ3) is 3.33. The fraction of sp³-hybridized carbons (Fsp3) is 0.222. The van der Waals surface area contributed by atoms with Gasteiger partial charge in [-0.2, -0.15) is 0 Å².